The minimum atomic E-state index is -0.127. The maximum absolute atomic E-state index is 11.6. The molecule has 19 heavy (non-hydrogen) atoms. The zero-order valence-electron chi connectivity index (χ0n) is 11.2. The van der Waals surface area contributed by atoms with Crippen LogP contribution in [0.1, 0.15) is 49.4 Å². The van der Waals surface area contributed by atoms with Crippen LogP contribution in [0.4, 0.5) is 0 Å². The molecule has 2 N–H and O–H groups in total. The molecule has 1 unspecified atom stereocenters. The van der Waals surface area contributed by atoms with E-state index in [9.17, 15) is 4.79 Å². The molecule has 0 saturated heterocycles. The number of rotatable bonds is 5. The lowest BCUT2D eigenvalue weighted by molar-refractivity contribution is -0.143. The summed E-state index contributed by atoms with van der Waals surface area (Å²) in [4.78, 5) is 12.7. The van der Waals surface area contributed by atoms with Gasteiger partial charge >= 0.3 is 5.97 Å². The number of esters is 1. The van der Waals surface area contributed by atoms with E-state index in [4.69, 9.17) is 22.1 Å². The minimum Gasteiger partial charge on any atom is -0.469 e. The van der Waals surface area contributed by atoms with Crippen LogP contribution in [0.2, 0.25) is 4.34 Å². The molecule has 0 spiro atoms. The molecule has 3 nitrogen and oxygen atoms in total. The quantitative estimate of drug-likeness (QED) is 0.839. The molecule has 1 saturated carbocycles. The molecule has 1 fully saturated rings. The summed E-state index contributed by atoms with van der Waals surface area (Å²) in [6.07, 6.45) is 5.79. The molecular formula is C14H20ClNO2S. The predicted molar refractivity (Wildman–Crippen MR) is 78.4 cm³/mol. The molecule has 1 atom stereocenters. The van der Waals surface area contributed by atoms with E-state index in [-0.39, 0.29) is 17.4 Å². The van der Waals surface area contributed by atoms with Gasteiger partial charge in [0.25, 0.3) is 0 Å². The van der Waals surface area contributed by atoms with E-state index >= 15 is 0 Å². The van der Waals surface area contributed by atoms with Crippen molar-refractivity contribution < 1.29 is 9.53 Å². The first-order chi connectivity index (χ1) is 9.04. The maximum atomic E-state index is 11.6. The van der Waals surface area contributed by atoms with Gasteiger partial charge in [-0.2, -0.15) is 0 Å². The summed E-state index contributed by atoms with van der Waals surface area (Å²) >= 11 is 7.48. The van der Waals surface area contributed by atoms with E-state index < -0.39 is 0 Å². The highest BCUT2D eigenvalue weighted by Gasteiger charge is 2.38. The smallest absolute Gasteiger partial charge is 0.306 e. The average molecular weight is 302 g/mol. The van der Waals surface area contributed by atoms with Crippen molar-refractivity contribution in [2.45, 2.75) is 44.6 Å². The Balaban J connectivity index is 2.06. The molecule has 0 aromatic carbocycles. The molecule has 2 rings (SSSR count). The van der Waals surface area contributed by atoms with Crippen molar-refractivity contribution in [3.05, 3.63) is 21.3 Å². The Morgan fingerprint density at radius 1 is 1.53 bits per heavy atom. The first-order valence-electron chi connectivity index (χ1n) is 6.62. The van der Waals surface area contributed by atoms with Gasteiger partial charge in [0.2, 0.25) is 0 Å². The Bertz CT molecular complexity index is 440. The summed E-state index contributed by atoms with van der Waals surface area (Å²) < 4.78 is 5.59. The monoisotopic (exact) mass is 301 g/mol. The summed E-state index contributed by atoms with van der Waals surface area (Å²) in [5.74, 6) is -0.127. The van der Waals surface area contributed by atoms with E-state index in [0.29, 0.717) is 6.42 Å². The predicted octanol–water partition coefficient (Wildman–Crippen LogP) is 3.91. The molecule has 1 heterocycles. The largest absolute Gasteiger partial charge is 0.469 e. The minimum absolute atomic E-state index is 0.0168. The van der Waals surface area contributed by atoms with Gasteiger partial charge < -0.3 is 10.5 Å². The molecule has 0 aliphatic heterocycles. The number of nitrogens with two attached hydrogens (primary N) is 1. The summed E-state index contributed by atoms with van der Waals surface area (Å²) in [5.41, 5.74) is 6.31. The molecule has 0 radical (unpaired) electrons. The van der Waals surface area contributed by atoms with Gasteiger partial charge in [0.05, 0.1) is 17.9 Å². The van der Waals surface area contributed by atoms with Crippen LogP contribution in [-0.4, -0.2) is 13.1 Å². The van der Waals surface area contributed by atoms with Gasteiger partial charge in [0.15, 0.2) is 0 Å². The molecule has 1 aromatic rings. The fourth-order valence-electron chi connectivity index (χ4n) is 3.05. The van der Waals surface area contributed by atoms with Gasteiger partial charge in [0.1, 0.15) is 0 Å². The van der Waals surface area contributed by atoms with Gasteiger partial charge in [-0.05, 0) is 36.8 Å². The van der Waals surface area contributed by atoms with Gasteiger partial charge in [0, 0.05) is 10.9 Å². The van der Waals surface area contributed by atoms with E-state index in [1.54, 1.807) is 0 Å². The summed E-state index contributed by atoms with van der Waals surface area (Å²) in [5, 5.41) is 0. The third kappa shape index (κ3) is 3.71. The van der Waals surface area contributed by atoms with Crippen molar-refractivity contribution in [2.75, 3.05) is 7.11 Å². The molecule has 0 bridgehead atoms. The number of ether oxygens (including phenoxy) is 1. The fourth-order valence-corrected chi connectivity index (χ4v) is 4.11. The van der Waals surface area contributed by atoms with Crippen molar-refractivity contribution in [2.24, 2.45) is 11.1 Å². The number of hydrogen-bond donors (Lipinski definition) is 1. The lowest BCUT2D eigenvalue weighted by Crippen LogP contribution is -2.27. The fraction of sp³-hybridized carbons (Fsp3) is 0.643. The van der Waals surface area contributed by atoms with Crippen LogP contribution in [0.15, 0.2) is 12.1 Å². The number of thiophene rings is 1. The number of hydrogen-bond acceptors (Lipinski definition) is 4. The Hall–Kier alpha value is -0.580. The van der Waals surface area contributed by atoms with E-state index in [1.165, 1.54) is 31.3 Å². The Morgan fingerprint density at radius 3 is 2.74 bits per heavy atom. The van der Waals surface area contributed by atoms with Crippen LogP contribution in [0, 0.1) is 5.41 Å². The van der Waals surface area contributed by atoms with Crippen molar-refractivity contribution in [1.29, 1.82) is 0 Å². The number of carbonyl (C=O) groups excluding carboxylic acids is 1. The summed E-state index contributed by atoms with van der Waals surface area (Å²) in [6, 6.07) is 3.82. The lowest BCUT2D eigenvalue weighted by atomic mass is 9.77. The summed E-state index contributed by atoms with van der Waals surface area (Å²) in [7, 11) is 1.45. The Labute approximate surface area is 123 Å². The lowest BCUT2D eigenvalue weighted by Gasteiger charge is -2.30. The SMILES string of the molecule is COC(=O)CC1(CC(N)c2ccc(Cl)s2)CCCC1. The van der Waals surface area contributed by atoms with Gasteiger partial charge in [-0.15, -0.1) is 11.3 Å². The standard InChI is InChI=1S/C14H20ClNO2S/c1-18-13(17)9-14(6-2-3-7-14)8-10(16)11-4-5-12(15)19-11/h4-5,10H,2-3,6-9,16H2,1H3. The van der Waals surface area contributed by atoms with Crippen LogP contribution >= 0.6 is 22.9 Å². The zero-order chi connectivity index (χ0) is 13.9. The molecule has 5 heteroatoms. The average Bonchev–Trinajstić information content (AvgIpc) is 2.99. The Morgan fingerprint density at radius 2 is 2.21 bits per heavy atom. The maximum Gasteiger partial charge on any atom is 0.306 e. The number of carbonyl (C=O) groups is 1. The van der Waals surface area contributed by atoms with E-state index in [1.807, 2.05) is 12.1 Å². The van der Waals surface area contributed by atoms with Gasteiger partial charge in [-0.3, -0.25) is 4.79 Å². The van der Waals surface area contributed by atoms with Crippen LogP contribution in [0.3, 0.4) is 0 Å². The first-order valence-corrected chi connectivity index (χ1v) is 7.82. The van der Waals surface area contributed by atoms with Crippen LogP contribution in [0.5, 0.6) is 0 Å². The summed E-state index contributed by atoms with van der Waals surface area (Å²) in [6.45, 7) is 0. The molecule has 106 valence electrons. The van der Waals surface area contributed by atoms with Crippen molar-refractivity contribution in [3.8, 4) is 0 Å². The van der Waals surface area contributed by atoms with Gasteiger partial charge in [-0.25, -0.2) is 0 Å². The molecule has 1 aliphatic rings. The second-order valence-corrected chi connectivity index (χ2v) is 7.16. The normalized spacial score (nSPS) is 19.3. The van der Waals surface area contributed by atoms with Crippen molar-refractivity contribution >= 4 is 28.9 Å². The molecular weight excluding hydrogens is 282 g/mol. The molecule has 1 aromatic heterocycles. The van der Waals surface area contributed by atoms with E-state index in [0.717, 1.165) is 28.5 Å². The van der Waals surface area contributed by atoms with Crippen LogP contribution in [-0.2, 0) is 9.53 Å². The van der Waals surface area contributed by atoms with E-state index in [2.05, 4.69) is 0 Å². The first kappa shape index (κ1) is 14.8. The zero-order valence-corrected chi connectivity index (χ0v) is 12.7. The molecule has 1 aliphatic carbocycles. The Kier molecular flexibility index (Phi) is 4.87. The highest BCUT2D eigenvalue weighted by atomic mass is 35.5. The second-order valence-electron chi connectivity index (χ2n) is 5.41. The highest BCUT2D eigenvalue weighted by Crippen LogP contribution is 2.47. The van der Waals surface area contributed by atoms with Gasteiger partial charge in [-0.1, -0.05) is 24.4 Å². The van der Waals surface area contributed by atoms with Crippen molar-refractivity contribution in [3.63, 3.8) is 0 Å². The highest BCUT2D eigenvalue weighted by molar-refractivity contribution is 7.16. The van der Waals surface area contributed by atoms with Crippen molar-refractivity contribution in [1.82, 2.24) is 0 Å². The second kappa shape index (κ2) is 6.25. The third-order valence-electron chi connectivity index (χ3n) is 4.02. The van der Waals surface area contributed by atoms with Crippen LogP contribution < -0.4 is 5.73 Å². The molecule has 0 amide bonds. The topological polar surface area (TPSA) is 52.3 Å². The third-order valence-corrected chi connectivity index (χ3v) is 5.39. The number of methoxy groups -OCH3 is 1. The van der Waals surface area contributed by atoms with Crippen LogP contribution in [0.25, 0.3) is 0 Å². The number of halogens is 1.